The molecule has 1 aromatic heterocycles. The van der Waals surface area contributed by atoms with Crippen LogP contribution in [0.15, 0.2) is 52.2 Å². The minimum atomic E-state index is 0.109. The number of hydrogen-bond acceptors (Lipinski definition) is 5. The van der Waals surface area contributed by atoms with Gasteiger partial charge in [-0.05, 0) is 89.4 Å². The molecule has 182 valence electrons. The number of carbonyl (C=O) groups is 1. The number of benzene rings is 1. The Morgan fingerprint density at radius 2 is 1.82 bits per heavy atom. The van der Waals surface area contributed by atoms with Crippen LogP contribution in [0.2, 0.25) is 0 Å². The van der Waals surface area contributed by atoms with Gasteiger partial charge in [0, 0.05) is 40.9 Å². The van der Waals surface area contributed by atoms with Crippen molar-refractivity contribution in [3.05, 3.63) is 63.9 Å². The molecule has 7 heteroatoms. The maximum absolute atomic E-state index is 13.0. The van der Waals surface area contributed by atoms with Crippen LogP contribution < -0.4 is 0 Å². The third kappa shape index (κ3) is 5.52. The molecule has 6 nitrogen and oxygen atoms in total. The van der Waals surface area contributed by atoms with E-state index >= 15 is 0 Å². The van der Waals surface area contributed by atoms with Crippen LogP contribution in [0.5, 0.6) is 0 Å². The van der Waals surface area contributed by atoms with E-state index in [0.717, 1.165) is 78.9 Å². The number of rotatable bonds is 6. The molecule has 2 saturated heterocycles. The van der Waals surface area contributed by atoms with Gasteiger partial charge in [-0.3, -0.25) is 14.7 Å². The molecule has 0 N–H and O–H groups in total. The van der Waals surface area contributed by atoms with E-state index in [9.17, 15) is 4.79 Å². The van der Waals surface area contributed by atoms with Crippen LogP contribution >= 0.6 is 15.9 Å². The largest absolute Gasteiger partial charge is 0.396 e. The molecule has 2 aliphatic rings. The van der Waals surface area contributed by atoms with E-state index < -0.39 is 0 Å². The van der Waals surface area contributed by atoms with Crippen LogP contribution in [0.25, 0.3) is 0 Å². The number of hydrogen-bond donors (Lipinski definition) is 0. The summed E-state index contributed by atoms with van der Waals surface area (Å²) in [5, 5.41) is 4.52. The second-order valence-corrected chi connectivity index (χ2v) is 10.5. The molecule has 2 aromatic rings. The molecule has 1 aromatic carbocycles. The summed E-state index contributed by atoms with van der Waals surface area (Å²) in [6, 6.07) is 12.1. The van der Waals surface area contributed by atoms with Gasteiger partial charge < -0.3 is 9.74 Å². The van der Waals surface area contributed by atoms with Crippen molar-refractivity contribution in [2.24, 2.45) is 11.1 Å². The second-order valence-electron chi connectivity index (χ2n) is 9.59. The number of piperidine rings is 2. The highest BCUT2D eigenvalue weighted by Gasteiger charge is 2.39. The summed E-state index contributed by atoms with van der Waals surface area (Å²) in [4.78, 5) is 27.4. The first-order valence-corrected chi connectivity index (χ1v) is 13.1. The number of likely N-dealkylation sites (tertiary alicyclic amines) is 2. The molecule has 0 unspecified atom stereocenters. The van der Waals surface area contributed by atoms with Gasteiger partial charge in [-0.1, -0.05) is 33.2 Å². The average molecular weight is 528 g/mol. The van der Waals surface area contributed by atoms with Gasteiger partial charge in [-0.2, -0.15) is 0 Å². The number of amides is 1. The fourth-order valence-electron chi connectivity index (χ4n) is 5.20. The van der Waals surface area contributed by atoms with E-state index in [1.54, 1.807) is 6.20 Å². The number of aromatic nitrogens is 1. The van der Waals surface area contributed by atoms with Gasteiger partial charge in [0.05, 0.1) is 11.3 Å². The predicted molar refractivity (Wildman–Crippen MR) is 139 cm³/mol. The minimum absolute atomic E-state index is 0.109. The monoisotopic (exact) mass is 526 g/mol. The molecule has 2 aliphatic heterocycles. The maximum Gasteiger partial charge on any atom is 0.255 e. The summed E-state index contributed by atoms with van der Waals surface area (Å²) < 4.78 is 1.07. The van der Waals surface area contributed by atoms with Crippen LogP contribution in [-0.4, -0.2) is 64.7 Å². The number of carbonyl (C=O) groups excluding carboxylic acids is 1. The maximum atomic E-state index is 13.0. The zero-order valence-corrected chi connectivity index (χ0v) is 22.1. The lowest BCUT2D eigenvalue weighted by Gasteiger charge is -2.49. The molecule has 0 radical (unpaired) electrons. The lowest BCUT2D eigenvalue weighted by Crippen LogP contribution is -2.56. The third-order valence-corrected chi connectivity index (χ3v) is 7.97. The summed E-state index contributed by atoms with van der Waals surface area (Å²) in [5.74, 6) is 0.500. The highest BCUT2D eigenvalue weighted by Crippen LogP contribution is 2.34. The molecular weight excluding hydrogens is 492 g/mol. The summed E-state index contributed by atoms with van der Waals surface area (Å²) in [5.41, 5.74) is 3.85. The summed E-state index contributed by atoms with van der Waals surface area (Å²) in [6.07, 6.45) is 5.86. The number of aryl methyl sites for hydroxylation is 1. The molecular formula is C27H35BrN4O2. The lowest BCUT2D eigenvalue weighted by molar-refractivity contribution is 0.0161. The Morgan fingerprint density at radius 1 is 1.15 bits per heavy atom. The number of pyridine rings is 1. The minimum Gasteiger partial charge on any atom is -0.396 e. The van der Waals surface area contributed by atoms with Gasteiger partial charge in [0.1, 0.15) is 6.61 Å². The van der Waals surface area contributed by atoms with E-state index in [1.807, 2.05) is 30.9 Å². The topological polar surface area (TPSA) is 58.0 Å². The molecule has 0 atom stereocenters. The molecule has 4 rings (SSSR count). The van der Waals surface area contributed by atoms with Crippen molar-refractivity contribution in [3.63, 3.8) is 0 Å². The lowest BCUT2D eigenvalue weighted by atomic mass is 9.82. The number of oxime groups is 1. The normalized spacial score (nSPS) is 19.8. The molecule has 0 spiro atoms. The Morgan fingerprint density at radius 3 is 2.44 bits per heavy atom. The molecule has 2 fully saturated rings. The van der Waals surface area contributed by atoms with Crippen molar-refractivity contribution in [1.82, 2.24) is 14.8 Å². The third-order valence-electron chi connectivity index (χ3n) is 7.44. The fraction of sp³-hybridized carbons (Fsp3) is 0.519. The van der Waals surface area contributed by atoms with Gasteiger partial charge in [-0.15, -0.1) is 0 Å². The Bertz CT molecular complexity index is 1010. The fourth-order valence-corrected chi connectivity index (χ4v) is 5.46. The van der Waals surface area contributed by atoms with Gasteiger partial charge in [0.25, 0.3) is 5.91 Å². The highest BCUT2D eigenvalue weighted by molar-refractivity contribution is 9.10. The van der Waals surface area contributed by atoms with Crippen molar-refractivity contribution in [3.8, 4) is 0 Å². The van der Waals surface area contributed by atoms with E-state index in [2.05, 4.69) is 62.2 Å². The van der Waals surface area contributed by atoms with Crippen molar-refractivity contribution in [2.45, 2.75) is 52.0 Å². The van der Waals surface area contributed by atoms with Crippen LogP contribution in [0.3, 0.4) is 0 Å². The Kier molecular flexibility index (Phi) is 8.04. The van der Waals surface area contributed by atoms with E-state index in [1.165, 1.54) is 0 Å². The van der Waals surface area contributed by atoms with E-state index in [0.29, 0.717) is 12.5 Å². The first kappa shape index (κ1) is 24.9. The SMILES string of the molecule is CCO/N=C(/c1ccc(Br)cc1)C1CCN(C2(C)CCN(C(=O)c3cccnc3C)CC2)CC1. The molecule has 34 heavy (non-hydrogen) atoms. The van der Waals surface area contributed by atoms with Gasteiger partial charge in [0.2, 0.25) is 0 Å². The Hall–Kier alpha value is -2.25. The summed E-state index contributed by atoms with van der Waals surface area (Å²) >= 11 is 3.53. The van der Waals surface area contributed by atoms with Crippen LogP contribution in [-0.2, 0) is 4.84 Å². The predicted octanol–water partition coefficient (Wildman–Crippen LogP) is 5.30. The van der Waals surface area contributed by atoms with Crippen molar-refractivity contribution in [1.29, 1.82) is 0 Å². The van der Waals surface area contributed by atoms with Gasteiger partial charge in [-0.25, -0.2) is 0 Å². The smallest absolute Gasteiger partial charge is 0.255 e. The molecule has 3 heterocycles. The van der Waals surface area contributed by atoms with Gasteiger partial charge >= 0.3 is 0 Å². The summed E-state index contributed by atoms with van der Waals surface area (Å²) in [7, 11) is 0. The zero-order valence-electron chi connectivity index (χ0n) is 20.5. The second kappa shape index (κ2) is 11.0. The Balaban J connectivity index is 1.36. The van der Waals surface area contributed by atoms with Crippen LogP contribution in [0, 0.1) is 12.8 Å². The number of nitrogens with zero attached hydrogens (tertiary/aromatic N) is 4. The molecule has 0 aliphatic carbocycles. The van der Waals surface area contributed by atoms with Crippen LogP contribution in [0.4, 0.5) is 0 Å². The first-order valence-electron chi connectivity index (χ1n) is 12.3. The molecule has 1 amide bonds. The Labute approximate surface area is 211 Å². The van der Waals surface area contributed by atoms with Gasteiger partial charge in [0.15, 0.2) is 0 Å². The average Bonchev–Trinajstić information content (AvgIpc) is 2.86. The van der Waals surface area contributed by atoms with E-state index in [-0.39, 0.29) is 11.4 Å². The van der Waals surface area contributed by atoms with Crippen LogP contribution in [0.1, 0.15) is 61.1 Å². The summed E-state index contributed by atoms with van der Waals surface area (Å²) in [6.45, 7) is 10.5. The van der Waals surface area contributed by atoms with Crippen molar-refractivity contribution >= 4 is 27.5 Å². The quantitative estimate of drug-likeness (QED) is 0.378. The molecule has 0 saturated carbocycles. The highest BCUT2D eigenvalue weighted by atomic mass is 79.9. The standard InChI is InChI=1S/C27H35BrN4O2/c1-4-34-30-25(21-7-9-23(28)10-8-21)22-11-16-32(17-12-22)27(3)13-18-31(19-14-27)26(33)24-6-5-15-29-20(24)2/h5-10,15,22H,4,11-14,16-19H2,1-3H3/b30-25-. The van der Waals surface area contributed by atoms with E-state index in [4.69, 9.17) is 4.84 Å². The van der Waals surface area contributed by atoms with Crippen molar-refractivity contribution < 1.29 is 9.63 Å². The first-order chi connectivity index (χ1) is 16.4. The zero-order chi connectivity index (χ0) is 24.1. The number of halogens is 1. The molecule has 0 bridgehead atoms. The van der Waals surface area contributed by atoms with Crippen molar-refractivity contribution in [2.75, 3.05) is 32.8 Å².